The smallest absolute Gasteiger partial charge is 0.185 e. The highest BCUT2D eigenvalue weighted by Crippen LogP contribution is 2.17. The predicted octanol–water partition coefficient (Wildman–Crippen LogP) is 3.53. The van der Waals surface area contributed by atoms with E-state index in [1.165, 1.54) is 0 Å². The van der Waals surface area contributed by atoms with Crippen molar-refractivity contribution in [1.82, 2.24) is 9.97 Å². The third-order valence-electron chi connectivity index (χ3n) is 3.06. The highest BCUT2D eigenvalue weighted by molar-refractivity contribution is 6.07. The second kappa shape index (κ2) is 5.45. The van der Waals surface area contributed by atoms with Crippen molar-refractivity contribution in [2.45, 2.75) is 0 Å². The third-order valence-corrected chi connectivity index (χ3v) is 3.06. The first-order valence-corrected chi connectivity index (χ1v) is 6.31. The van der Waals surface area contributed by atoms with Crippen molar-refractivity contribution in [1.29, 1.82) is 0 Å². The number of aromatic nitrogens is 2. The normalized spacial score (nSPS) is 11.0. The Kier molecular flexibility index (Phi) is 3.33. The average molecular weight is 260 g/mol. The summed E-state index contributed by atoms with van der Waals surface area (Å²) in [4.78, 5) is 20.2. The minimum Gasteiger partial charge on any atom is -0.289 e. The van der Waals surface area contributed by atoms with Crippen LogP contribution in [0.4, 0.5) is 0 Å². The van der Waals surface area contributed by atoms with E-state index < -0.39 is 0 Å². The van der Waals surface area contributed by atoms with Crippen LogP contribution in [0.15, 0.2) is 67.1 Å². The van der Waals surface area contributed by atoms with E-state index in [-0.39, 0.29) is 5.78 Å². The zero-order valence-corrected chi connectivity index (χ0v) is 10.7. The van der Waals surface area contributed by atoms with Crippen molar-refractivity contribution in [3.63, 3.8) is 0 Å². The Morgan fingerprint density at radius 1 is 0.950 bits per heavy atom. The van der Waals surface area contributed by atoms with E-state index in [9.17, 15) is 4.79 Å². The maximum absolute atomic E-state index is 12.0. The molecule has 0 atom stereocenters. The first kappa shape index (κ1) is 12.2. The van der Waals surface area contributed by atoms with E-state index in [2.05, 4.69) is 9.97 Å². The Hall–Kier alpha value is -2.81. The van der Waals surface area contributed by atoms with E-state index in [1.807, 2.05) is 36.4 Å². The molecule has 0 saturated carbocycles. The fourth-order valence-electron chi connectivity index (χ4n) is 2.05. The molecule has 3 rings (SSSR count). The quantitative estimate of drug-likeness (QED) is 0.534. The number of ketones is 1. The van der Waals surface area contributed by atoms with Gasteiger partial charge in [-0.25, -0.2) is 0 Å². The molecular weight excluding hydrogens is 248 g/mol. The molecule has 0 bridgehead atoms. The summed E-state index contributed by atoms with van der Waals surface area (Å²) in [5.74, 6) is -0.0340. The van der Waals surface area contributed by atoms with E-state index >= 15 is 0 Å². The van der Waals surface area contributed by atoms with Gasteiger partial charge in [0, 0.05) is 29.5 Å². The van der Waals surface area contributed by atoms with Gasteiger partial charge in [-0.3, -0.25) is 14.8 Å². The number of nitrogens with zero attached hydrogens (tertiary/aromatic N) is 2. The zero-order chi connectivity index (χ0) is 13.8. The molecule has 0 radical (unpaired) electrons. The lowest BCUT2D eigenvalue weighted by molar-refractivity contribution is 0.104. The highest BCUT2D eigenvalue weighted by Gasteiger charge is 2.01. The Bertz CT molecular complexity index is 774. The maximum atomic E-state index is 12.0. The zero-order valence-electron chi connectivity index (χ0n) is 10.7. The molecule has 3 heteroatoms. The SMILES string of the molecule is O=C(C=Cc1cccc2ncccc12)c1ccncc1. The molecule has 0 fully saturated rings. The van der Waals surface area contributed by atoms with Crippen LogP contribution in [0.3, 0.4) is 0 Å². The van der Waals surface area contributed by atoms with Gasteiger partial charge >= 0.3 is 0 Å². The van der Waals surface area contributed by atoms with Crippen LogP contribution in [-0.2, 0) is 0 Å². The van der Waals surface area contributed by atoms with E-state index in [4.69, 9.17) is 0 Å². The number of benzene rings is 1. The van der Waals surface area contributed by atoms with E-state index in [0.717, 1.165) is 16.5 Å². The Morgan fingerprint density at radius 3 is 2.65 bits per heavy atom. The molecule has 0 amide bonds. The molecule has 3 aromatic rings. The lowest BCUT2D eigenvalue weighted by atomic mass is 10.1. The van der Waals surface area contributed by atoms with Crippen molar-refractivity contribution in [3.05, 3.63) is 78.3 Å². The van der Waals surface area contributed by atoms with Crippen molar-refractivity contribution >= 4 is 22.8 Å². The molecule has 0 aliphatic heterocycles. The lowest BCUT2D eigenvalue weighted by Crippen LogP contribution is -1.93. The van der Waals surface area contributed by atoms with Gasteiger partial charge in [0.1, 0.15) is 0 Å². The largest absolute Gasteiger partial charge is 0.289 e. The molecular formula is C17H12N2O. The number of fused-ring (bicyclic) bond motifs is 1. The number of hydrogen-bond donors (Lipinski definition) is 0. The van der Waals surface area contributed by atoms with Gasteiger partial charge in [-0.1, -0.05) is 24.3 Å². The summed E-state index contributed by atoms with van der Waals surface area (Å²) in [5, 5.41) is 1.04. The number of carbonyl (C=O) groups is 1. The lowest BCUT2D eigenvalue weighted by Gasteiger charge is -2.00. The van der Waals surface area contributed by atoms with Gasteiger partial charge in [0.15, 0.2) is 5.78 Å². The van der Waals surface area contributed by atoms with Crippen molar-refractivity contribution in [3.8, 4) is 0 Å². The predicted molar refractivity (Wildman–Crippen MR) is 79.3 cm³/mol. The second-order valence-electron chi connectivity index (χ2n) is 4.35. The molecule has 0 N–H and O–H groups in total. The van der Waals surface area contributed by atoms with Crippen molar-refractivity contribution in [2.75, 3.05) is 0 Å². The van der Waals surface area contributed by atoms with Crippen molar-refractivity contribution in [2.24, 2.45) is 0 Å². The Balaban J connectivity index is 1.94. The van der Waals surface area contributed by atoms with Crippen LogP contribution >= 0.6 is 0 Å². The van der Waals surface area contributed by atoms with Gasteiger partial charge < -0.3 is 0 Å². The number of pyridine rings is 2. The fraction of sp³-hybridized carbons (Fsp3) is 0. The number of rotatable bonds is 3. The van der Waals surface area contributed by atoms with Crippen LogP contribution in [0, 0.1) is 0 Å². The molecule has 3 nitrogen and oxygen atoms in total. The van der Waals surface area contributed by atoms with Crippen LogP contribution in [0.1, 0.15) is 15.9 Å². The van der Waals surface area contributed by atoms with Gasteiger partial charge in [0.05, 0.1) is 5.52 Å². The third kappa shape index (κ3) is 2.47. The summed E-state index contributed by atoms with van der Waals surface area (Å²) in [7, 11) is 0. The van der Waals surface area contributed by atoms with Gasteiger partial charge in [-0.05, 0) is 35.9 Å². The van der Waals surface area contributed by atoms with Gasteiger partial charge in [-0.15, -0.1) is 0 Å². The molecule has 2 heterocycles. The van der Waals surface area contributed by atoms with Crippen LogP contribution < -0.4 is 0 Å². The van der Waals surface area contributed by atoms with Crippen LogP contribution in [-0.4, -0.2) is 15.8 Å². The van der Waals surface area contributed by atoms with Crippen LogP contribution in [0.5, 0.6) is 0 Å². The molecule has 0 spiro atoms. The molecule has 2 aromatic heterocycles. The van der Waals surface area contributed by atoms with Crippen LogP contribution in [0.2, 0.25) is 0 Å². The average Bonchev–Trinajstić information content (AvgIpc) is 2.53. The fourth-order valence-corrected chi connectivity index (χ4v) is 2.05. The minimum absolute atomic E-state index is 0.0340. The minimum atomic E-state index is -0.0340. The summed E-state index contributed by atoms with van der Waals surface area (Å²) in [6.45, 7) is 0. The summed E-state index contributed by atoms with van der Waals surface area (Å²) in [5.41, 5.74) is 2.54. The molecule has 96 valence electrons. The molecule has 20 heavy (non-hydrogen) atoms. The summed E-state index contributed by atoms with van der Waals surface area (Å²) >= 11 is 0. The standard InChI is InChI=1S/C17H12N2O/c20-17(14-8-11-18-12-9-14)7-6-13-3-1-5-16-15(13)4-2-10-19-16/h1-12H. The summed E-state index contributed by atoms with van der Waals surface area (Å²) in [6, 6.07) is 13.2. The van der Waals surface area contributed by atoms with Crippen molar-refractivity contribution < 1.29 is 4.79 Å². The topological polar surface area (TPSA) is 42.9 Å². The molecule has 0 unspecified atom stereocenters. The van der Waals surface area contributed by atoms with E-state index in [1.54, 1.807) is 36.8 Å². The summed E-state index contributed by atoms with van der Waals surface area (Å²) < 4.78 is 0. The second-order valence-corrected chi connectivity index (χ2v) is 4.35. The Morgan fingerprint density at radius 2 is 1.80 bits per heavy atom. The molecule has 0 aliphatic rings. The van der Waals surface area contributed by atoms with Gasteiger partial charge in [0.2, 0.25) is 0 Å². The first-order chi connectivity index (χ1) is 9.84. The molecule has 0 aliphatic carbocycles. The molecule has 1 aromatic carbocycles. The number of carbonyl (C=O) groups excluding carboxylic acids is 1. The monoisotopic (exact) mass is 260 g/mol. The van der Waals surface area contributed by atoms with Gasteiger partial charge in [-0.2, -0.15) is 0 Å². The maximum Gasteiger partial charge on any atom is 0.185 e. The Labute approximate surface area is 116 Å². The van der Waals surface area contributed by atoms with Crippen LogP contribution in [0.25, 0.3) is 17.0 Å². The first-order valence-electron chi connectivity index (χ1n) is 6.31. The molecule has 0 saturated heterocycles. The van der Waals surface area contributed by atoms with Gasteiger partial charge in [0.25, 0.3) is 0 Å². The highest BCUT2D eigenvalue weighted by atomic mass is 16.1. The number of hydrogen-bond acceptors (Lipinski definition) is 3. The van der Waals surface area contributed by atoms with E-state index in [0.29, 0.717) is 5.56 Å². The summed E-state index contributed by atoms with van der Waals surface area (Å²) in [6.07, 6.45) is 8.40. The number of allylic oxidation sites excluding steroid dienone is 1.